The number of nitrogens with zero attached hydrogens (tertiary/aromatic N) is 2. The molecule has 0 aliphatic rings. The molecule has 1 amide bonds. The van der Waals surface area contributed by atoms with Crippen LogP contribution >= 0.6 is 0 Å². The minimum Gasteiger partial charge on any atom is -0.528 e. The highest BCUT2D eigenvalue weighted by Crippen LogP contribution is 2.16. The zero-order valence-corrected chi connectivity index (χ0v) is 12.0. The number of carbonyl (C=O) groups excluding carboxylic acids is 2. The van der Waals surface area contributed by atoms with E-state index < -0.39 is 11.6 Å². The second-order valence-corrected chi connectivity index (χ2v) is 4.96. The maximum atomic E-state index is 12.0. The van der Waals surface area contributed by atoms with Crippen molar-refractivity contribution in [2.45, 2.75) is 39.2 Å². The number of carbonyl (C=O) groups is 2. The van der Waals surface area contributed by atoms with E-state index in [1.807, 2.05) is 32.7 Å². The summed E-state index contributed by atoms with van der Waals surface area (Å²) in [5.74, 6) is 0.205. The van der Waals surface area contributed by atoms with Crippen molar-refractivity contribution in [1.29, 1.82) is 0 Å². The van der Waals surface area contributed by atoms with Gasteiger partial charge in [0.15, 0.2) is 5.78 Å². The number of likely N-dealkylation sites (N-methyl/N-ethyl adjacent to an activating group) is 2. The van der Waals surface area contributed by atoms with Gasteiger partial charge in [0, 0.05) is 26.6 Å². The fraction of sp³-hybridized carbons (Fsp3) is 0.833. The molecule has 0 saturated carbocycles. The van der Waals surface area contributed by atoms with Crippen LogP contribution in [0.25, 0.3) is 0 Å². The zero-order valence-electron chi connectivity index (χ0n) is 12.0. The van der Waals surface area contributed by atoms with Crippen LogP contribution in [0.1, 0.15) is 33.6 Å². The molecule has 102 valence electrons. The Morgan fingerprint density at radius 2 is 1.78 bits per heavy atom. The Kier molecular flexibility index (Phi) is 6.98. The first-order valence-corrected chi connectivity index (χ1v) is 6.13. The summed E-state index contributed by atoms with van der Waals surface area (Å²) >= 11 is 0. The van der Waals surface area contributed by atoms with Gasteiger partial charge >= 0.3 is 14.1 Å². The summed E-state index contributed by atoms with van der Waals surface area (Å²) in [5.41, 5.74) is -0.524. The van der Waals surface area contributed by atoms with Gasteiger partial charge in [-0.15, -0.1) is 0 Å². The molecule has 0 fully saturated rings. The lowest BCUT2D eigenvalue weighted by molar-refractivity contribution is -0.128. The van der Waals surface area contributed by atoms with E-state index in [1.165, 1.54) is 4.90 Å². The van der Waals surface area contributed by atoms with Crippen molar-refractivity contribution in [3.05, 3.63) is 0 Å². The van der Waals surface area contributed by atoms with Crippen molar-refractivity contribution in [2.75, 3.05) is 27.2 Å². The van der Waals surface area contributed by atoms with E-state index in [0.717, 1.165) is 6.42 Å². The first kappa shape index (κ1) is 17.0. The Labute approximate surface area is 111 Å². The maximum Gasteiger partial charge on any atom is 0.390 e. The van der Waals surface area contributed by atoms with Gasteiger partial charge in [-0.05, 0) is 27.3 Å². The van der Waals surface area contributed by atoms with E-state index >= 15 is 0 Å². The van der Waals surface area contributed by atoms with Crippen molar-refractivity contribution >= 4 is 19.9 Å². The van der Waals surface area contributed by atoms with Crippen molar-refractivity contribution in [2.24, 2.45) is 0 Å². The lowest BCUT2D eigenvalue weighted by atomic mass is 9.94. The largest absolute Gasteiger partial charge is 0.528 e. The molecule has 0 aliphatic carbocycles. The normalized spacial score (nSPS) is 11.4. The molecule has 5 nitrogen and oxygen atoms in total. The number of ketones is 1. The first-order valence-electron chi connectivity index (χ1n) is 6.13. The van der Waals surface area contributed by atoms with Crippen molar-refractivity contribution in [3.63, 3.8) is 0 Å². The summed E-state index contributed by atoms with van der Waals surface area (Å²) in [7, 11) is 8.27. The third-order valence-corrected chi connectivity index (χ3v) is 3.30. The second-order valence-electron chi connectivity index (χ2n) is 4.96. The van der Waals surface area contributed by atoms with Crippen LogP contribution in [0.15, 0.2) is 0 Å². The van der Waals surface area contributed by atoms with Gasteiger partial charge < -0.3 is 9.55 Å². The van der Waals surface area contributed by atoms with Crippen molar-refractivity contribution < 1.29 is 14.2 Å². The molecule has 0 aromatic heterocycles. The topological polar surface area (TPSA) is 49.9 Å². The van der Waals surface area contributed by atoms with E-state index in [1.54, 1.807) is 7.05 Å². The van der Waals surface area contributed by atoms with Crippen LogP contribution in [0.4, 0.5) is 4.79 Å². The van der Waals surface area contributed by atoms with Gasteiger partial charge in [-0.25, -0.2) is 4.79 Å². The SMILES string of the molecule is [B]OC(=O)N(C)CCN(C)C(C)(C)C(=O)CCC. The van der Waals surface area contributed by atoms with Gasteiger partial charge in [-0.1, -0.05) is 6.92 Å². The van der Waals surface area contributed by atoms with Crippen molar-refractivity contribution in [3.8, 4) is 0 Å². The summed E-state index contributed by atoms with van der Waals surface area (Å²) in [6.45, 7) is 6.81. The Hall–Kier alpha value is -1.04. The van der Waals surface area contributed by atoms with Crippen LogP contribution in [0, 0.1) is 0 Å². The van der Waals surface area contributed by atoms with Crippen LogP contribution in [-0.2, 0) is 9.45 Å². The van der Waals surface area contributed by atoms with Crippen LogP contribution in [0.5, 0.6) is 0 Å². The Bertz CT molecular complexity index is 295. The molecule has 0 unspecified atom stereocenters. The highest BCUT2D eigenvalue weighted by molar-refractivity contribution is 6.04. The van der Waals surface area contributed by atoms with Gasteiger partial charge in [0.1, 0.15) is 0 Å². The molecular formula is C12H23BN2O3. The molecule has 0 aliphatic heterocycles. The second kappa shape index (κ2) is 7.41. The molecule has 0 aromatic carbocycles. The predicted octanol–water partition coefficient (Wildman–Crippen LogP) is 1.22. The molecule has 0 heterocycles. The molecule has 0 spiro atoms. The maximum absolute atomic E-state index is 12.0. The average molecular weight is 254 g/mol. The van der Waals surface area contributed by atoms with Crippen LogP contribution in [0.2, 0.25) is 0 Å². The van der Waals surface area contributed by atoms with E-state index in [0.29, 0.717) is 19.5 Å². The number of amides is 1. The van der Waals surface area contributed by atoms with Gasteiger partial charge in [0.25, 0.3) is 0 Å². The number of hydrogen-bond acceptors (Lipinski definition) is 4. The minimum atomic E-state index is -0.582. The predicted molar refractivity (Wildman–Crippen MR) is 71.5 cm³/mol. The quantitative estimate of drug-likeness (QED) is 0.641. The summed E-state index contributed by atoms with van der Waals surface area (Å²) in [5, 5.41) is 0. The Morgan fingerprint density at radius 3 is 2.22 bits per heavy atom. The standard InChI is InChI=1S/C12H23BN2O3/c1-6-7-10(16)12(2,3)15(5)9-8-14(4)11(17)18-13/h6-9H2,1-5H3. The van der Waals surface area contributed by atoms with Gasteiger partial charge in [-0.2, -0.15) is 0 Å². The fourth-order valence-corrected chi connectivity index (χ4v) is 1.51. The lowest BCUT2D eigenvalue weighted by Gasteiger charge is -2.35. The molecular weight excluding hydrogens is 231 g/mol. The first-order chi connectivity index (χ1) is 8.27. The molecule has 0 N–H and O–H groups in total. The lowest BCUT2D eigenvalue weighted by Crippen LogP contribution is -2.50. The van der Waals surface area contributed by atoms with Crippen LogP contribution in [0.3, 0.4) is 0 Å². The summed E-state index contributed by atoms with van der Waals surface area (Å²) in [6.07, 6.45) is 0.828. The molecule has 2 radical (unpaired) electrons. The highest BCUT2D eigenvalue weighted by Gasteiger charge is 2.31. The van der Waals surface area contributed by atoms with E-state index in [4.69, 9.17) is 8.05 Å². The third kappa shape index (κ3) is 4.68. The molecule has 0 atom stereocenters. The molecule has 6 heteroatoms. The summed E-state index contributed by atoms with van der Waals surface area (Å²) < 4.78 is 4.12. The van der Waals surface area contributed by atoms with E-state index in [2.05, 4.69) is 4.65 Å². The summed E-state index contributed by atoms with van der Waals surface area (Å²) in [4.78, 5) is 26.4. The number of Topliss-reactive ketones (excluding diaryl/α,β-unsaturated/α-hetero) is 1. The number of hydrogen-bond donors (Lipinski definition) is 0. The number of rotatable bonds is 7. The van der Waals surface area contributed by atoms with Gasteiger partial charge in [0.2, 0.25) is 0 Å². The van der Waals surface area contributed by atoms with Crippen LogP contribution < -0.4 is 0 Å². The van der Waals surface area contributed by atoms with Crippen LogP contribution in [-0.4, -0.2) is 62.4 Å². The molecule has 0 bridgehead atoms. The summed E-state index contributed by atoms with van der Waals surface area (Å²) in [6, 6.07) is 0. The molecule has 0 aromatic rings. The van der Waals surface area contributed by atoms with E-state index in [9.17, 15) is 9.59 Å². The smallest absolute Gasteiger partial charge is 0.390 e. The highest BCUT2D eigenvalue weighted by atomic mass is 16.5. The molecule has 18 heavy (non-hydrogen) atoms. The molecule has 0 saturated heterocycles. The Balaban J connectivity index is 4.35. The average Bonchev–Trinajstić information content (AvgIpc) is 2.34. The Morgan fingerprint density at radius 1 is 1.22 bits per heavy atom. The van der Waals surface area contributed by atoms with Crippen molar-refractivity contribution in [1.82, 2.24) is 9.80 Å². The van der Waals surface area contributed by atoms with Gasteiger partial charge in [0.05, 0.1) is 5.54 Å². The van der Waals surface area contributed by atoms with Gasteiger partial charge in [-0.3, -0.25) is 9.69 Å². The minimum absolute atomic E-state index is 0.205. The van der Waals surface area contributed by atoms with E-state index in [-0.39, 0.29) is 5.78 Å². The third-order valence-electron chi connectivity index (χ3n) is 3.30. The zero-order chi connectivity index (χ0) is 14.3. The molecule has 0 rings (SSSR count). The monoisotopic (exact) mass is 254 g/mol. The fourth-order valence-electron chi connectivity index (χ4n) is 1.51.